The predicted molar refractivity (Wildman–Crippen MR) is 138 cm³/mol. The molecular formula is C25H22ClN3O5S. The number of anilines is 2. The van der Waals surface area contributed by atoms with Crippen molar-refractivity contribution in [1.82, 2.24) is 5.43 Å². The minimum atomic E-state index is -0.383. The van der Waals surface area contributed by atoms with Crippen molar-refractivity contribution >= 4 is 56.2 Å². The number of carbonyl (C=O) groups excluding carboxylic acids is 2. The van der Waals surface area contributed by atoms with Crippen LogP contribution in [-0.4, -0.2) is 33.1 Å². The van der Waals surface area contributed by atoms with E-state index in [0.29, 0.717) is 49.5 Å². The molecule has 1 heterocycles. The Morgan fingerprint density at radius 1 is 0.800 bits per heavy atom. The monoisotopic (exact) mass is 511 g/mol. The number of nitrogens with one attached hydrogen (secondary N) is 3. The second-order valence-corrected chi connectivity index (χ2v) is 8.72. The van der Waals surface area contributed by atoms with Gasteiger partial charge in [-0.1, -0.05) is 11.6 Å². The van der Waals surface area contributed by atoms with E-state index in [-0.39, 0.29) is 11.8 Å². The highest BCUT2D eigenvalue weighted by molar-refractivity contribution is 7.21. The Bertz CT molecular complexity index is 1370. The van der Waals surface area contributed by atoms with Crippen molar-refractivity contribution in [3.63, 3.8) is 0 Å². The van der Waals surface area contributed by atoms with Gasteiger partial charge in [-0.2, -0.15) is 0 Å². The van der Waals surface area contributed by atoms with E-state index in [1.54, 1.807) is 74.9 Å². The largest absolute Gasteiger partial charge is 0.497 e. The zero-order chi connectivity index (χ0) is 24.9. The van der Waals surface area contributed by atoms with Gasteiger partial charge in [-0.3, -0.25) is 20.4 Å². The van der Waals surface area contributed by atoms with Gasteiger partial charge >= 0.3 is 0 Å². The van der Waals surface area contributed by atoms with Crippen molar-refractivity contribution in [2.45, 2.75) is 0 Å². The van der Waals surface area contributed by atoms with E-state index in [9.17, 15) is 9.59 Å². The standard InChI is InChI=1S/C25H22ClN3O5S/c1-32-17-10-4-14(5-11-17)24(30)27-15-6-8-16(9-7-15)28-29-25(31)23-22(26)18-12-19(33-2)20(34-3)13-21(18)35-23/h4-13,28H,1-3H3,(H,27,30)(H,29,31). The van der Waals surface area contributed by atoms with Gasteiger partial charge in [-0.05, 0) is 54.6 Å². The number of methoxy groups -OCH3 is 3. The number of hydrazine groups is 1. The summed E-state index contributed by atoms with van der Waals surface area (Å²) >= 11 is 7.72. The molecule has 0 aliphatic heterocycles. The number of hydrogen-bond donors (Lipinski definition) is 3. The maximum absolute atomic E-state index is 12.8. The smallest absolute Gasteiger partial charge is 0.281 e. The normalized spacial score (nSPS) is 10.5. The van der Waals surface area contributed by atoms with E-state index < -0.39 is 0 Å². The second-order valence-electron chi connectivity index (χ2n) is 7.29. The fourth-order valence-electron chi connectivity index (χ4n) is 3.31. The fraction of sp³-hybridized carbons (Fsp3) is 0.120. The van der Waals surface area contributed by atoms with E-state index >= 15 is 0 Å². The first-order valence-corrected chi connectivity index (χ1v) is 11.6. The summed E-state index contributed by atoms with van der Waals surface area (Å²) in [6.45, 7) is 0. The van der Waals surface area contributed by atoms with Crippen molar-refractivity contribution < 1.29 is 23.8 Å². The van der Waals surface area contributed by atoms with E-state index in [1.807, 2.05) is 0 Å². The lowest BCUT2D eigenvalue weighted by Crippen LogP contribution is -2.28. The number of benzene rings is 3. The average Bonchev–Trinajstić information content (AvgIpc) is 3.22. The van der Waals surface area contributed by atoms with Gasteiger partial charge in [-0.15, -0.1) is 11.3 Å². The molecule has 0 fully saturated rings. The lowest BCUT2D eigenvalue weighted by molar-refractivity contribution is 0.0965. The molecule has 10 heteroatoms. The van der Waals surface area contributed by atoms with Crippen LogP contribution in [0.1, 0.15) is 20.0 Å². The zero-order valence-corrected chi connectivity index (χ0v) is 20.7. The average molecular weight is 512 g/mol. The van der Waals surface area contributed by atoms with Crippen LogP contribution in [0.5, 0.6) is 17.2 Å². The maximum atomic E-state index is 12.8. The van der Waals surface area contributed by atoms with Gasteiger partial charge < -0.3 is 19.5 Å². The Balaban J connectivity index is 1.39. The van der Waals surface area contributed by atoms with Crippen LogP contribution in [0.4, 0.5) is 11.4 Å². The highest BCUT2D eigenvalue weighted by atomic mass is 35.5. The van der Waals surface area contributed by atoms with Gasteiger partial charge in [0.25, 0.3) is 11.8 Å². The predicted octanol–water partition coefficient (Wildman–Crippen LogP) is 5.59. The molecule has 180 valence electrons. The lowest BCUT2D eigenvalue weighted by Gasteiger charge is -2.10. The number of ether oxygens (including phenoxy) is 3. The minimum absolute atomic E-state index is 0.241. The van der Waals surface area contributed by atoms with E-state index in [1.165, 1.54) is 18.4 Å². The minimum Gasteiger partial charge on any atom is -0.497 e. The van der Waals surface area contributed by atoms with Crippen LogP contribution in [0, 0.1) is 0 Å². The van der Waals surface area contributed by atoms with Crippen LogP contribution in [0.3, 0.4) is 0 Å². The topological polar surface area (TPSA) is 97.9 Å². The number of amides is 2. The summed E-state index contributed by atoms with van der Waals surface area (Å²) in [5, 5.41) is 3.86. The van der Waals surface area contributed by atoms with Crippen LogP contribution < -0.4 is 30.4 Å². The van der Waals surface area contributed by atoms with Crippen LogP contribution in [0.15, 0.2) is 60.7 Å². The molecule has 0 saturated carbocycles. The fourth-order valence-corrected chi connectivity index (χ4v) is 4.72. The summed E-state index contributed by atoms with van der Waals surface area (Å²) < 4.78 is 16.5. The third-order valence-electron chi connectivity index (χ3n) is 5.16. The molecule has 0 aliphatic rings. The Morgan fingerprint density at radius 3 is 2.06 bits per heavy atom. The van der Waals surface area contributed by atoms with Crippen molar-refractivity contribution in [2.24, 2.45) is 0 Å². The molecule has 3 aromatic carbocycles. The molecule has 4 aromatic rings. The Labute approximate surface area is 210 Å². The molecule has 2 amide bonds. The van der Waals surface area contributed by atoms with Gasteiger partial charge in [0.05, 0.1) is 32.0 Å². The quantitative estimate of drug-likeness (QED) is 0.267. The summed E-state index contributed by atoms with van der Waals surface area (Å²) in [5.74, 6) is 1.14. The molecule has 0 atom stereocenters. The number of carbonyl (C=O) groups is 2. The summed E-state index contributed by atoms with van der Waals surface area (Å²) in [6, 6.07) is 17.3. The van der Waals surface area contributed by atoms with Gasteiger partial charge in [0.15, 0.2) is 11.5 Å². The summed E-state index contributed by atoms with van der Waals surface area (Å²) in [6.07, 6.45) is 0. The highest BCUT2D eigenvalue weighted by Gasteiger charge is 2.19. The van der Waals surface area contributed by atoms with Crippen molar-refractivity contribution in [3.05, 3.63) is 76.1 Å². The van der Waals surface area contributed by atoms with Crippen LogP contribution in [0.2, 0.25) is 5.02 Å². The Kier molecular flexibility index (Phi) is 7.28. The first-order chi connectivity index (χ1) is 16.9. The lowest BCUT2D eigenvalue weighted by atomic mass is 10.2. The van der Waals surface area contributed by atoms with Gasteiger partial charge in [-0.25, -0.2) is 0 Å². The number of rotatable bonds is 8. The molecule has 0 aliphatic carbocycles. The molecule has 0 spiro atoms. The summed E-state index contributed by atoms with van der Waals surface area (Å²) in [4.78, 5) is 25.5. The third-order valence-corrected chi connectivity index (χ3v) is 6.81. The van der Waals surface area contributed by atoms with Crippen molar-refractivity contribution in [2.75, 3.05) is 32.1 Å². The van der Waals surface area contributed by atoms with E-state index in [0.717, 1.165) is 4.70 Å². The first-order valence-electron chi connectivity index (χ1n) is 10.4. The molecular weight excluding hydrogens is 490 g/mol. The second kappa shape index (κ2) is 10.5. The Morgan fingerprint density at radius 2 is 1.43 bits per heavy atom. The highest BCUT2D eigenvalue weighted by Crippen LogP contribution is 2.41. The Hall–Kier alpha value is -3.95. The zero-order valence-electron chi connectivity index (χ0n) is 19.1. The van der Waals surface area contributed by atoms with Gasteiger partial charge in [0.1, 0.15) is 10.6 Å². The van der Waals surface area contributed by atoms with Crippen molar-refractivity contribution in [3.8, 4) is 17.2 Å². The van der Waals surface area contributed by atoms with Crippen LogP contribution >= 0.6 is 22.9 Å². The summed E-state index contributed by atoms with van der Waals surface area (Å²) in [7, 11) is 4.66. The molecule has 0 bridgehead atoms. The molecule has 3 N–H and O–H groups in total. The van der Waals surface area contributed by atoms with Crippen LogP contribution in [-0.2, 0) is 0 Å². The molecule has 0 unspecified atom stereocenters. The van der Waals surface area contributed by atoms with Gasteiger partial charge in [0, 0.05) is 27.4 Å². The third kappa shape index (κ3) is 5.26. The molecule has 0 radical (unpaired) electrons. The molecule has 4 rings (SSSR count). The number of hydrogen-bond acceptors (Lipinski definition) is 7. The van der Waals surface area contributed by atoms with Gasteiger partial charge in [0.2, 0.25) is 0 Å². The van der Waals surface area contributed by atoms with Crippen molar-refractivity contribution in [1.29, 1.82) is 0 Å². The first kappa shape index (κ1) is 24.2. The van der Waals surface area contributed by atoms with E-state index in [4.69, 9.17) is 25.8 Å². The van der Waals surface area contributed by atoms with Crippen LogP contribution in [0.25, 0.3) is 10.1 Å². The molecule has 35 heavy (non-hydrogen) atoms. The number of halogens is 1. The summed E-state index contributed by atoms with van der Waals surface area (Å²) in [5.41, 5.74) is 7.25. The molecule has 0 saturated heterocycles. The maximum Gasteiger partial charge on any atom is 0.281 e. The molecule has 1 aromatic heterocycles. The molecule has 8 nitrogen and oxygen atoms in total. The SMILES string of the molecule is COc1ccc(C(=O)Nc2ccc(NNC(=O)c3sc4cc(OC)c(OC)cc4c3Cl)cc2)cc1. The number of fused-ring (bicyclic) bond motifs is 1. The number of thiophene rings is 1. The van der Waals surface area contributed by atoms with E-state index in [2.05, 4.69) is 16.2 Å².